The summed E-state index contributed by atoms with van der Waals surface area (Å²) in [6.07, 6.45) is 76.9. The zero-order chi connectivity index (χ0) is 50.7. The fourth-order valence-corrected chi connectivity index (χ4v) is 7.91. The quantitative estimate of drug-likeness (QED) is 0.0262. The van der Waals surface area contributed by atoms with E-state index in [1.54, 1.807) is 0 Å². The van der Waals surface area contributed by atoms with Gasteiger partial charge in [0.2, 0.25) is 0 Å². The van der Waals surface area contributed by atoms with Gasteiger partial charge in [0.25, 0.3) is 0 Å². The van der Waals surface area contributed by atoms with Crippen LogP contribution in [0.4, 0.5) is 0 Å². The van der Waals surface area contributed by atoms with Crippen LogP contribution in [0.3, 0.4) is 0 Å². The maximum atomic E-state index is 12.8. The second-order valence-electron chi connectivity index (χ2n) is 19.2. The van der Waals surface area contributed by atoms with E-state index in [9.17, 15) is 14.4 Å². The predicted molar refractivity (Wildman–Crippen MR) is 302 cm³/mol. The molecule has 1 unspecified atom stereocenters. The number of carbonyl (C=O) groups is 3. The Hall–Kier alpha value is -3.67. The SMILES string of the molecule is CC/C=C\C/C=C\C/C=C\C/C=C\CCCCC(=O)OC(COC(=O)CCCCCCC/C=C\CCCCCCC)COC(=O)CCCCCCCCCC/C=C\C/C=C\C/C=C\CCCCCCC. The van der Waals surface area contributed by atoms with Gasteiger partial charge in [-0.15, -0.1) is 0 Å². The van der Waals surface area contributed by atoms with Crippen LogP contribution < -0.4 is 0 Å². The van der Waals surface area contributed by atoms with E-state index in [0.29, 0.717) is 19.3 Å². The van der Waals surface area contributed by atoms with E-state index in [-0.39, 0.29) is 37.5 Å². The van der Waals surface area contributed by atoms with E-state index in [1.807, 2.05) is 0 Å². The zero-order valence-corrected chi connectivity index (χ0v) is 45.8. The highest BCUT2D eigenvalue weighted by atomic mass is 16.6. The lowest BCUT2D eigenvalue weighted by molar-refractivity contribution is -0.167. The molecular weight excluding hydrogens is 865 g/mol. The lowest BCUT2D eigenvalue weighted by Crippen LogP contribution is -2.30. The van der Waals surface area contributed by atoms with Gasteiger partial charge in [-0.2, -0.15) is 0 Å². The van der Waals surface area contributed by atoms with Crippen molar-refractivity contribution in [3.8, 4) is 0 Å². The Morgan fingerprint density at radius 3 is 0.914 bits per heavy atom. The molecule has 0 aliphatic rings. The lowest BCUT2D eigenvalue weighted by atomic mass is 10.1. The first-order valence-electron chi connectivity index (χ1n) is 29.2. The standard InChI is InChI=1S/C64H108O6/c1-4-7-10-13-16-19-22-25-28-29-30-31-32-33-34-35-37-39-42-45-48-51-54-57-63(66)69-60-61(59-68-62(65)56-53-50-47-44-41-38-27-24-21-18-15-12-9-6-3)70-64(67)58-55-52-49-46-43-40-36-26-23-20-17-14-11-8-5-2/h8,11,17,20,22,24-27,29-30,32-33,36,43,46,61H,4-7,9-10,12-16,18-19,21,23,28,31,34-35,37-42,44-45,47-60H2,1-3H3/b11-8-,20-17-,25-22-,27-24-,30-29-,33-32-,36-26-,46-43-. The molecule has 0 amide bonds. The van der Waals surface area contributed by atoms with E-state index in [2.05, 4.69) is 118 Å². The molecule has 70 heavy (non-hydrogen) atoms. The van der Waals surface area contributed by atoms with Crippen molar-refractivity contribution in [2.75, 3.05) is 13.2 Å². The fourth-order valence-electron chi connectivity index (χ4n) is 7.91. The largest absolute Gasteiger partial charge is 0.462 e. The second kappa shape index (κ2) is 57.9. The van der Waals surface area contributed by atoms with Crippen LogP contribution in [0, 0.1) is 0 Å². The van der Waals surface area contributed by atoms with Crippen molar-refractivity contribution < 1.29 is 28.6 Å². The van der Waals surface area contributed by atoms with Crippen LogP contribution in [-0.4, -0.2) is 37.2 Å². The predicted octanol–water partition coefficient (Wildman–Crippen LogP) is 19.7. The zero-order valence-electron chi connectivity index (χ0n) is 45.8. The van der Waals surface area contributed by atoms with Crippen molar-refractivity contribution in [3.63, 3.8) is 0 Å². The molecule has 0 rings (SSSR count). The lowest BCUT2D eigenvalue weighted by Gasteiger charge is -2.18. The Labute approximate surface area is 432 Å². The third-order valence-corrected chi connectivity index (χ3v) is 12.3. The molecule has 6 heteroatoms. The minimum absolute atomic E-state index is 0.101. The van der Waals surface area contributed by atoms with Crippen molar-refractivity contribution in [1.82, 2.24) is 0 Å². The normalized spacial score (nSPS) is 12.8. The van der Waals surface area contributed by atoms with Gasteiger partial charge < -0.3 is 14.2 Å². The second-order valence-corrected chi connectivity index (χ2v) is 19.2. The van der Waals surface area contributed by atoms with Crippen molar-refractivity contribution in [1.29, 1.82) is 0 Å². The minimum Gasteiger partial charge on any atom is -0.462 e. The van der Waals surface area contributed by atoms with E-state index in [1.165, 1.54) is 116 Å². The van der Waals surface area contributed by atoms with Gasteiger partial charge in [0.05, 0.1) is 0 Å². The molecule has 0 aromatic heterocycles. The number of esters is 3. The summed E-state index contributed by atoms with van der Waals surface area (Å²) in [6, 6.07) is 0. The first kappa shape index (κ1) is 66.3. The number of unbranched alkanes of at least 4 members (excludes halogenated alkanes) is 25. The smallest absolute Gasteiger partial charge is 0.306 e. The van der Waals surface area contributed by atoms with Gasteiger partial charge in [0, 0.05) is 19.3 Å². The van der Waals surface area contributed by atoms with Gasteiger partial charge in [-0.3, -0.25) is 14.4 Å². The maximum Gasteiger partial charge on any atom is 0.306 e. The van der Waals surface area contributed by atoms with Crippen molar-refractivity contribution in [2.45, 2.75) is 277 Å². The molecule has 0 spiro atoms. The summed E-state index contributed by atoms with van der Waals surface area (Å²) >= 11 is 0. The van der Waals surface area contributed by atoms with Gasteiger partial charge in [-0.05, 0) is 122 Å². The highest BCUT2D eigenvalue weighted by molar-refractivity contribution is 5.71. The average molecular weight is 974 g/mol. The van der Waals surface area contributed by atoms with Crippen molar-refractivity contribution in [3.05, 3.63) is 97.2 Å². The number of rotatable bonds is 52. The van der Waals surface area contributed by atoms with Gasteiger partial charge in [-0.1, -0.05) is 227 Å². The molecule has 400 valence electrons. The summed E-state index contributed by atoms with van der Waals surface area (Å²) in [7, 11) is 0. The first-order valence-corrected chi connectivity index (χ1v) is 29.2. The van der Waals surface area contributed by atoms with E-state index in [4.69, 9.17) is 14.2 Å². The Morgan fingerprint density at radius 2 is 0.557 bits per heavy atom. The third kappa shape index (κ3) is 55.3. The van der Waals surface area contributed by atoms with Crippen molar-refractivity contribution >= 4 is 17.9 Å². The molecule has 1 atom stereocenters. The summed E-state index contributed by atoms with van der Waals surface area (Å²) in [5.74, 6) is -0.956. The maximum absolute atomic E-state index is 12.8. The Kier molecular flexibility index (Phi) is 54.9. The molecule has 0 N–H and O–H groups in total. The van der Waals surface area contributed by atoms with E-state index < -0.39 is 6.10 Å². The first-order chi connectivity index (χ1) is 34.5. The molecule has 0 saturated heterocycles. The number of hydrogen-bond acceptors (Lipinski definition) is 6. The molecule has 6 nitrogen and oxygen atoms in total. The van der Waals surface area contributed by atoms with Crippen molar-refractivity contribution in [2.24, 2.45) is 0 Å². The highest BCUT2D eigenvalue weighted by Gasteiger charge is 2.19. The summed E-state index contributed by atoms with van der Waals surface area (Å²) < 4.78 is 16.8. The van der Waals surface area contributed by atoms with E-state index in [0.717, 1.165) is 109 Å². The minimum atomic E-state index is -0.807. The van der Waals surface area contributed by atoms with Crippen LogP contribution in [0.25, 0.3) is 0 Å². The molecule has 0 aromatic rings. The summed E-state index contributed by atoms with van der Waals surface area (Å²) in [5, 5.41) is 0. The van der Waals surface area contributed by atoms with E-state index >= 15 is 0 Å². The highest BCUT2D eigenvalue weighted by Crippen LogP contribution is 2.14. The summed E-state index contributed by atoms with van der Waals surface area (Å²) in [5.41, 5.74) is 0. The number of allylic oxidation sites excluding steroid dienone is 16. The molecule has 0 fully saturated rings. The number of hydrogen-bond donors (Lipinski definition) is 0. The fraction of sp³-hybridized carbons (Fsp3) is 0.703. The Bertz CT molecular complexity index is 1400. The van der Waals surface area contributed by atoms with Crippen LogP contribution in [0.15, 0.2) is 97.2 Å². The molecule has 0 radical (unpaired) electrons. The Balaban J connectivity index is 4.41. The molecular formula is C64H108O6. The van der Waals surface area contributed by atoms with Gasteiger partial charge >= 0.3 is 17.9 Å². The molecule has 0 aliphatic carbocycles. The van der Waals surface area contributed by atoms with Gasteiger partial charge in [0.15, 0.2) is 6.10 Å². The van der Waals surface area contributed by atoms with Crippen LogP contribution in [-0.2, 0) is 28.6 Å². The van der Waals surface area contributed by atoms with Gasteiger partial charge in [-0.25, -0.2) is 0 Å². The average Bonchev–Trinajstić information content (AvgIpc) is 3.36. The summed E-state index contributed by atoms with van der Waals surface area (Å²) in [6.45, 7) is 6.46. The molecule has 0 aromatic carbocycles. The van der Waals surface area contributed by atoms with Crippen LogP contribution >= 0.6 is 0 Å². The third-order valence-electron chi connectivity index (χ3n) is 12.3. The number of carbonyl (C=O) groups excluding carboxylic acids is 3. The van der Waals surface area contributed by atoms with Crippen LogP contribution in [0.1, 0.15) is 271 Å². The molecule has 0 saturated carbocycles. The number of ether oxygens (including phenoxy) is 3. The molecule has 0 heterocycles. The van der Waals surface area contributed by atoms with Crippen LogP contribution in [0.5, 0.6) is 0 Å². The topological polar surface area (TPSA) is 78.9 Å². The molecule has 0 bridgehead atoms. The van der Waals surface area contributed by atoms with Gasteiger partial charge in [0.1, 0.15) is 13.2 Å². The van der Waals surface area contributed by atoms with Crippen LogP contribution in [0.2, 0.25) is 0 Å². The Morgan fingerprint density at radius 1 is 0.300 bits per heavy atom. The summed E-state index contributed by atoms with van der Waals surface area (Å²) in [4.78, 5) is 38.1. The monoisotopic (exact) mass is 973 g/mol. The molecule has 0 aliphatic heterocycles.